The molecule has 1 saturated heterocycles. The SMILES string of the molecule is O=[N+]([O-])c1cc(S(=O)(=O)C(F)(F)F)ccc1N1CCCC1. The van der Waals surface area contributed by atoms with Crippen molar-refractivity contribution < 1.29 is 26.5 Å². The van der Waals surface area contributed by atoms with E-state index in [9.17, 15) is 31.7 Å². The van der Waals surface area contributed by atoms with Gasteiger partial charge < -0.3 is 4.90 Å². The lowest BCUT2D eigenvalue weighted by atomic mass is 10.2. The van der Waals surface area contributed by atoms with E-state index in [4.69, 9.17) is 0 Å². The molecule has 1 heterocycles. The zero-order chi connectivity index (χ0) is 15.8. The molecule has 0 aliphatic carbocycles. The van der Waals surface area contributed by atoms with Gasteiger partial charge in [-0.2, -0.15) is 13.2 Å². The van der Waals surface area contributed by atoms with Crippen LogP contribution in [0.1, 0.15) is 12.8 Å². The topological polar surface area (TPSA) is 80.5 Å². The van der Waals surface area contributed by atoms with Crippen LogP contribution in [0.3, 0.4) is 0 Å². The zero-order valence-corrected chi connectivity index (χ0v) is 11.4. The van der Waals surface area contributed by atoms with Gasteiger partial charge in [0.15, 0.2) is 0 Å². The first-order valence-electron chi connectivity index (χ1n) is 5.99. The largest absolute Gasteiger partial charge is 0.501 e. The molecule has 1 aliphatic rings. The number of halogens is 3. The number of sulfone groups is 1. The number of hydrogen-bond acceptors (Lipinski definition) is 5. The van der Waals surface area contributed by atoms with Crippen molar-refractivity contribution in [3.63, 3.8) is 0 Å². The van der Waals surface area contributed by atoms with E-state index in [1.807, 2.05) is 0 Å². The standard InChI is InChI=1S/C11H11F3N2O4S/c12-11(13,14)21(19,20)8-3-4-9(10(7-8)16(17)18)15-5-1-2-6-15/h3-4,7H,1-2,5-6H2. The molecule has 1 aliphatic heterocycles. The summed E-state index contributed by atoms with van der Waals surface area (Å²) in [5, 5.41) is 11.0. The van der Waals surface area contributed by atoms with Crippen molar-refractivity contribution in [2.24, 2.45) is 0 Å². The highest BCUT2D eigenvalue weighted by Gasteiger charge is 2.47. The van der Waals surface area contributed by atoms with Crippen LogP contribution in [0.2, 0.25) is 0 Å². The van der Waals surface area contributed by atoms with Crippen molar-refractivity contribution >= 4 is 21.2 Å². The number of alkyl halides is 3. The molecular weight excluding hydrogens is 313 g/mol. The summed E-state index contributed by atoms with van der Waals surface area (Å²) in [4.78, 5) is 10.7. The molecule has 2 rings (SSSR count). The summed E-state index contributed by atoms with van der Waals surface area (Å²) >= 11 is 0. The summed E-state index contributed by atoms with van der Waals surface area (Å²) < 4.78 is 60.1. The first-order valence-corrected chi connectivity index (χ1v) is 7.47. The second kappa shape index (κ2) is 5.17. The molecule has 1 aromatic rings. The number of nitro benzene ring substituents is 1. The lowest BCUT2D eigenvalue weighted by Gasteiger charge is -2.18. The van der Waals surface area contributed by atoms with Crippen LogP contribution in [0.4, 0.5) is 24.5 Å². The number of anilines is 1. The van der Waals surface area contributed by atoms with Gasteiger partial charge in [-0.1, -0.05) is 0 Å². The molecule has 0 radical (unpaired) electrons. The summed E-state index contributed by atoms with van der Waals surface area (Å²) in [5.74, 6) is 0. The van der Waals surface area contributed by atoms with Crippen LogP contribution in [0.5, 0.6) is 0 Å². The van der Waals surface area contributed by atoms with Crippen molar-refractivity contribution in [3.8, 4) is 0 Å². The first-order chi connectivity index (χ1) is 9.64. The molecule has 0 N–H and O–H groups in total. The molecule has 6 nitrogen and oxygen atoms in total. The van der Waals surface area contributed by atoms with Crippen LogP contribution in [-0.4, -0.2) is 31.9 Å². The van der Waals surface area contributed by atoms with Crippen LogP contribution in [0, 0.1) is 10.1 Å². The molecule has 0 saturated carbocycles. The van der Waals surface area contributed by atoms with Crippen molar-refractivity contribution in [1.82, 2.24) is 0 Å². The van der Waals surface area contributed by atoms with Gasteiger partial charge in [0.2, 0.25) is 0 Å². The number of hydrogen-bond donors (Lipinski definition) is 0. The summed E-state index contributed by atoms with van der Waals surface area (Å²) in [6.07, 6.45) is 1.64. The Morgan fingerprint density at radius 3 is 2.24 bits per heavy atom. The Labute approximate surface area is 118 Å². The van der Waals surface area contributed by atoms with Gasteiger partial charge in [0.1, 0.15) is 5.69 Å². The number of nitro groups is 1. The van der Waals surface area contributed by atoms with E-state index in [1.54, 1.807) is 4.90 Å². The lowest BCUT2D eigenvalue weighted by molar-refractivity contribution is -0.384. The molecule has 0 unspecified atom stereocenters. The highest BCUT2D eigenvalue weighted by Crippen LogP contribution is 2.36. The maximum Gasteiger partial charge on any atom is 0.501 e. The van der Waals surface area contributed by atoms with E-state index < -0.39 is 30.9 Å². The molecule has 0 spiro atoms. The fourth-order valence-electron chi connectivity index (χ4n) is 2.18. The minimum atomic E-state index is -5.60. The van der Waals surface area contributed by atoms with Gasteiger partial charge in [0.05, 0.1) is 9.82 Å². The fourth-order valence-corrected chi connectivity index (χ4v) is 2.96. The Hall–Kier alpha value is -1.84. The molecule has 0 amide bonds. The Bertz CT molecular complexity index is 667. The van der Waals surface area contributed by atoms with Crippen molar-refractivity contribution in [3.05, 3.63) is 28.3 Å². The number of benzene rings is 1. The third-order valence-electron chi connectivity index (χ3n) is 3.21. The smallest absolute Gasteiger partial charge is 0.366 e. The monoisotopic (exact) mass is 324 g/mol. The van der Waals surface area contributed by atoms with Gasteiger partial charge >= 0.3 is 5.51 Å². The van der Waals surface area contributed by atoms with Gasteiger partial charge in [-0.3, -0.25) is 10.1 Å². The van der Waals surface area contributed by atoms with Crippen LogP contribution in [-0.2, 0) is 9.84 Å². The van der Waals surface area contributed by atoms with Crippen LogP contribution < -0.4 is 4.90 Å². The van der Waals surface area contributed by atoms with Crippen molar-refractivity contribution in [1.29, 1.82) is 0 Å². The van der Waals surface area contributed by atoms with Crippen LogP contribution in [0.15, 0.2) is 23.1 Å². The Balaban J connectivity index is 2.54. The first kappa shape index (κ1) is 15.5. The van der Waals surface area contributed by atoms with E-state index >= 15 is 0 Å². The fraction of sp³-hybridized carbons (Fsp3) is 0.455. The van der Waals surface area contributed by atoms with Gasteiger partial charge in [0.25, 0.3) is 15.5 Å². The van der Waals surface area contributed by atoms with Gasteiger partial charge in [0, 0.05) is 19.2 Å². The summed E-state index contributed by atoms with van der Waals surface area (Å²) in [5.41, 5.74) is -5.99. The van der Waals surface area contributed by atoms with Gasteiger partial charge in [-0.15, -0.1) is 0 Å². The molecule has 0 bridgehead atoms. The molecule has 21 heavy (non-hydrogen) atoms. The Kier molecular flexibility index (Phi) is 3.83. The van der Waals surface area contributed by atoms with Gasteiger partial charge in [-0.05, 0) is 25.0 Å². The summed E-state index contributed by atoms with van der Waals surface area (Å²) in [6, 6.07) is 2.28. The molecule has 0 aromatic heterocycles. The second-order valence-electron chi connectivity index (χ2n) is 4.55. The van der Waals surface area contributed by atoms with E-state index in [2.05, 4.69) is 0 Å². The molecule has 10 heteroatoms. The third-order valence-corrected chi connectivity index (χ3v) is 4.69. The van der Waals surface area contributed by atoms with E-state index in [-0.39, 0.29) is 5.69 Å². The van der Waals surface area contributed by atoms with E-state index in [0.717, 1.165) is 25.0 Å². The predicted molar refractivity (Wildman–Crippen MR) is 67.8 cm³/mol. The highest BCUT2D eigenvalue weighted by atomic mass is 32.2. The van der Waals surface area contributed by atoms with Gasteiger partial charge in [-0.25, -0.2) is 8.42 Å². The Morgan fingerprint density at radius 2 is 1.76 bits per heavy atom. The Morgan fingerprint density at radius 1 is 1.19 bits per heavy atom. The normalized spacial score (nSPS) is 16.2. The predicted octanol–water partition coefficient (Wildman–Crippen LogP) is 2.49. The lowest BCUT2D eigenvalue weighted by Crippen LogP contribution is -2.24. The molecular formula is C11H11F3N2O4S. The molecule has 116 valence electrons. The minimum absolute atomic E-state index is 0.138. The number of nitrogens with zero attached hydrogens (tertiary/aromatic N) is 2. The average Bonchev–Trinajstić information content (AvgIpc) is 2.90. The third kappa shape index (κ3) is 2.80. The van der Waals surface area contributed by atoms with E-state index in [1.165, 1.54) is 0 Å². The molecule has 0 atom stereocenters. The van der Waals surface area contributed by atoms with Crippen LogP contribution in [0.25, 0.3) is 0 Å². The average molecular weight is 324 g/mol. The van der Waals surface area contributed by atoms with Crippen LogP contribution >= 0.6 is 0 Å². The zero-order valence-electron chi connectivity index (χ0n) is 10.6. The van der Waals surface area contributed by atoms with Crippen molar-refractivity contribution in [2.75, 3.05) is 18.0 Å². The maximum atomic E-state index is 12.5. The second-order valence-corrected chi connectivity index (χ2v) is 6.49. The summed E-state index contributed by atoms with van der Waals surface area (Å²) in [7, 11) is -5.60. The summed E-state index contributed by atoms with van der Waals surface area (Å²) in [6.45, 7) is 1.10. The minimum Gasteiger partial charge on any atom is -0.366 e. The van der Waals surface area contributed by atoms with Crippen molar-refractivity contribution in [2.45, 2.75) is 23.2 Å². The molecule has 1 fully saturated rings. The quantitative estimate of drug-likeness (QED) is 0.630. The molecule has 1 aromatic carbocycles. The maximum absolute atomic E-state index is 12.5. The number of rotatable bonds is 3. The highest BCUT2D eigenvalue weighted by molar-refractivity contribution is 7.92. The van der Waals surface area contributed by atoms with E-state index in [0.29, 0.717) is 19.2 Å².